The van der Waals surface area contributed by atoms with Gasteiger partial charge in [0.25, 0.3) is 11.8 Å². The van der Waals surface area contributed by atoms with Crippen LogP contribution in [-0.2, 0) is 17.5 Å². The van der Waals surface area contributed by atoms with E-state index in [0.29, 0.717) is 16.8 Å². The molecular weight excluding hydrogens is 449 g/mol. The van der Waals surface area contributed by atoms with Crippen molar-refractivity contribution in [3.8, 4) is 0 Å². The first-order chi connectivity index (χ1) is 16.1. The highest BCUT2D eigenvalue weighted by Crippen LogP contribution is 2.31. The second-order valence-corrected chi connectivity index (χ2v) is 7.28. The summed E-state index contributed by atoms with van der Waals surface area (Å²) >= 11 is 0. The van der Waals surface area contributed by atoms with Crippen LogP contribution < -0.4 is 21.7 Å². The number of hydrogen-bond acceptors (Lipinski definition) is 4. The summed E-state index contributed by atoms with van der Waals surface area (Å²) in [6, 6.07) is 17.5. The first kappa shape index (κ1) is 24.3. The number of rotatable bonds is 8. The molecule has 0 heterocycles. The molecule has 7 nitrogen and oxygen atoms in total. The Morgan fingerprint density at radius 1 is 0.824 bits per heavy atom. The van der Waals surface area contributed by atoms with Crippen LogP contribution >= 0.6 is 0 Å². The van der Waals surface area contributed by atoms with Gasteiger partial charge < -0.3 is 21.7 Å². The van der Waals surface area contributed by atoms with Crippen molar-refractivity contribution >= 4 is 29.1 Å². The van der Waals surface area contributed by atoms with E-state index in [-0.39, 0.29) is 24.3 Å². The molecule has 0 aromatic heterocycles. The zero-order chi connectivity index (χ0) is 24.7. The Labute approximate surface area is 193 Å². The Kier molecular flexibility index (Phi) is 7.52. The number of halogens is 3. The SMILES string of the molecule is NC(=O)CNC(=O)c1ccc(CNC(=O)c2ccccc2Nc2cccc(C(F)(F)F)c2)cc1. The van der Waals surface area contributed by atoms with Gasteiger partial charge in [-0.2, -0.15) is 13.2 Å². The lowest BCUT2D eigenvalue weighted by molar-refractivity contribution is -0.137. The average Bonchev–Trinajstić information content (AvgIpc) is 2.81. The van der Waals surface area contributed by atoms with Crippen LogP contribution in [0.15, 0.2) is 72.8 Å². The minimum absolute atomic E-state index is 0.153. The molecule has 0 saturated carbocycles. The van der Waals surface area contributed by atoms with Gasteiger partial charge in [-0.3, -0.25) is 14.4 Å². The number of amides is 3. The van der Waals surface area contributed by atoms with E-state index in [9.17, 15) is 27.6 Å². The summed E-state index contributed by atoms with van der Waals surface area (Å²) in [6.07, 6.45) is -4.48. The molecule has 3 aromatic carbocycles. The lowest BCUT2D eigenvalue weighted by Gasteiger charge is -2.14. The van der Waals surface area contributed by atoms with Crippen molar-refractivity contribution < 1.29 is 27.6 Å². The maximum Gasteiger partial charge on any atom is 0.416 e. The zero-order valence-corrected chi connectivity index (χ0v) is 17.8. The van der Waals surface area contributed by atoms with Gasteiger partial charge in [0, 0.05) is 17.8 Å². The van der Waals surface area contributed by atoms with E-state index in [4.69, 9.17) is 5.73 Å². The number of benzene rings is 3. The molecule has 3 aromatic rings. The average molecular weight is 470 g/mol. The summed E-state index contributed by atoms with van der Waals surface area (Å²) in [5.41, 5.74) is 6.02. The largest absolute Gasteiger partial charge is 0.416 e. The van der Waals surface area contributed by atoms with Crippen LogP contribution in [-0.4, -0.2) is 24.3 Å². The zero-order valence-electron chi connectivity index (χ0n) is 17.8. The van der Waals surface area contributed by atoms with Gasteiger partial charge >= 0.3 is 6.18 Å². The van der Waals surface area contributed by atoms with Gasteiger partial charge in [0.15, 0.2) is 0 Å². The first-order valence-electron chi connectivity index (χ1n) is 10.1. The molecule has 3 rings (SSSR count). The number of hydrogen-bond donors (Lipinski definition) is 4. The molecule has 10 heteroatoms. The highest BCUT2D eigenvalue weighted by atomic mass is 19.4. The van der Waals surface area contributed by atoms with E-state index >= 15 is 0 Å². The van der Waals surface area contributed by atoms with E-state index in [0.717, 1.165) is 12.1 Å². The fraction of sp³-hybridized carbons (Fsp3) is 0.125. The lowest BCUT2D eigenvalue weighted by Crippen LogP contribution is -2.33. The third-order valence-electron chi connectivity index (χ3n) is 4.73. The monoisotopic (exact) mass is 470 g/mol. The van der Waals surface area contributed by atoms with Crippen LogP contribution in [0.5, 0.6) is 0 Å². The van der Waals surface area contributed by atoms with Crippen LogP contribution in [0.2, 0.25) is 0 Å². The highest BCUT2D eigenvalue weighted by Gasteiger charge is 2.30. The van der Waals surface area contributed by atoms with Crippen molar-refractivity contribution in [1.29, 1.82) is 0 Å². The first-order valence-corrected chi connectivity index (χ1v) is 10.1. The molecule has 0 unspecified atom stereocenters. The summed E-state index contributed by atoms with van der Waals surface area (Å²) in [4.78, 5) is 35.4. The molecule has 0 radical (unpaired) electrons. The normalized spacial score (nSPS) is 10.9. The number of para-hydroxylation sites is 1. The number of primary amides is 1. The molecule has 0 aliphatic rings. The van der Waals surface area contributed by atoms with Crippen molar-refractivity contribution in [3.05, 3.63) is 95.1 Å². The second kappa shape index (κ2) is 10.5. The summed E-state index contributed by atoms with van der Waals surface area (Å²) in [5, 5.41) is 7.99. The van der Waals surface area contributed by atoms with Gasteiger partial charge in [-0.05, 0) is 48.0 Å². The van der Waals surface area contributed by atoms with Gasteiger partial charge in [0.2, 0.25) is 5.91 Å². The van der Waals surface area contributed by atoms with Crippen molar-refractivity contribution in [2.75, 3.05) is 11.9 Å². The number of anilines is 2. The van der Waals surface area contributed by atoms with Crippen molar-refractivity contribution in [1.82, 2.24) is 10.6 Å². The number of carbonyl (C=O) groups excluding carboxylic acids is 3. The molecular formula is C24H21F3N4O3. The van der Waals surface area contributed by atoms with Crippen LogP contribution in [0.4, 0.5) is 24.5 Å². The Morgan fingerprint density at radius 2 is 1.53 bits per heavy atom. The third kappa shape index (κ3) is 6.58. The van der Waals surface area contributed by atoms with E-state index < -0.39 is 29.5 Å². The summed E-state index contributed by atoms with van der Waals surface area (Å²) in [6.45, 7) is -0.121. The Hall–Kier alpha value is -4.34. The van der Waals surface area contributed by atoms with E-state index in [2.05, 4.69) is 16.0 Å². The van der Waals surface area contributed by atoms with Gasteiger partial charge in [-0.25, -0.2) is 0 Å². The Bertz CT molecular complexity index is 1190. The maximum absolute atomic E-state index is 13.0. The molecule has 0 fully saturated rings. The fourth-order valence-corrected chi connectivity index (χ4v) is 3.04. The molecule has 176 valence electrons. The predicted octanol–water partition coefficient (Wildman–Crippen LogP) is 3.59. The standard InChI is InChI=1S/C24H21F3N4O3/c25-24(26,27)17-4-3-5-18(12-17)31-20-7-2-1-6-19(20)23(34)29-13-15-8-10-16(11-9-15)22(33)30-14-21(28)32/h1-12,31H,13-14H2,(H2,28,32)(H,29,34)(H,30,33). The van der Waals surface area contributed by atoms with E-state index in [1.807, 2.05) is 0 Å². The molecule has 0 spiro atoms. The lowest BCUT2D eigenvalue weighted by atomic mass is 10.1. The molecule has 0 saturated heterocycles. The molecule has 3 amide bonds. The number of alkyl halides is 3. The van der Waals surface area contributed by atoms with Crippen LogP contribution in [0, 0.1) is 0 Å². The number of carbonyl (C=O) groups is 3. The predicted molar refractivity (Wildman–Crippen MR) is 120 cm³/mol. The molecule has 5 N–H and O–H groups in total. The molecule has 0 atom stereocenters. The number of nitrogens with one attached hydrogen (secondary N) is 3. The topological polar surface area (TPSA) is 113 Å². The maximum atomic E-state index is 13.0. The third-order valence-corrected chi connectivity index (χ3v) is 4.73. The molecule has 0 aliphatic heterocycles. The Balaban J connectivity index is 1.65. The number of nitrogens with two attached hydrogens (primary N) is 1. The van der Waals surface area contributed by atoms with Gasteiger partial charge in [0.05, 0.1) is 23.4 Å². The van der Waals surface area contributed by atoms with Crippen LogP contribution in [0.3, 0.4) is 0 Å². The highest BCUT2D eigenvalue weighted by molar-refractivity contribution is 6.00. The van der Waals surface area contributed by atoms with E-state index in [1.54, 1.807) is 48.5 Å². The van der Waals surface area contributed by atoms with Crippen LogP contribution in [0.25, 0.3) is 0 Å². The second-order valence-electron chi connectivity index (χ2n) is 7.28. The van der Waals surface area contributed by atoms with Crippen molar-refractivity contribution in [2.24, 2.45) is 5.73 Å². The summed E-state index contributed by atoms with van der Waals surface area (Å²) in [7, 11) is 0. The minimum atomic E-state index is -4.48. The van der Waals surface area contributed by atoms with Crippen molar-refractivity contribution in [3.63, 3.8) is 0 Å². The quantitative estimate of drug-likeness (QED) is 0.403. The van der Waals surface area contributed by atoms with Gasteiger partial charge in [0.1, 0.15) is 0 Å². The molecule has 0 bridgehead atoms. The Morgan fingerprint density at radius 3 is 2.21 bits per heavy atom. The van der Waals surface area contributed by atoms with Crippen molar-refractivity contribution in [2.45, 2.75) is 12.7 Å². The van der Waals surface area contributed by atoms with Gasteiger partial charge in [-0.1, -0.05) is 30.3 Å². The summed E-state index contributed by atoms with van der Waals surface area (Å²) < 4.78 is 38.9. The fourth-order valence-electron chi connectivity index (χ4n) is 3.04. The van der Waals surface area contributed by atoms with Crippen LogP contribution in [0.1, 0.15) is 31.8 Å². The molecule has 34 heavy (non-hydrogen) atoms. The van der Waals surface area contributed by atoms with Gasteiger partial charge in [-0.15, -0.1) is 0 Å². The smallest absolute Gasteiger partial charge is 0.368 e. The molecule has 0 aliphatic carbocycles. The van der Waals surface area contributed by atoms with E-state index in [1.165, 1.54) is 12.1 Å². The summed E-state index contributed by atoms with van der Waals surface area (Å²) in [5.74, 6) is -1.54. The minimum Gasteiger partial charge on any atom is -0.368 e.